The molecule has 2 aromatic carbocycles. The molecule has 0 bridgehead atoms. The predicted molar refractivity (Wildman–Crippen MR) is 86.9 cm³/mol. The zero-order valence-electron chi connectivity index (χ0n) is 12.7. The minimum absolute atomic E-state index is 0.170. The van der Waals surface area contributed by atoms with Gasteiger partial charge in [0.05, 0.1) is 0 Å². The van der Waals surface area contributed by atoms with Gasteiger partial charge in [-0.3, -0.25) is 0 Å². The van der Waals surface area contributed by atoms with Crippen LogP contribution < -0.4 is 10.6 Å². The van der Waals surface area contributed by atoms with Crippen LogP contribution in [0, 0.1) is 5.82 Å². The van der Waals surface area contributed by atoms with Gasteiger partial charge in [-0.1, -0.05) is 36.4 Å². The van der Waals surface area contributed by atoms with E-state index in [1.807, 2.05) is 24.3 Å². The third kappa shape index (κ3) is 3.82. The van der Waals surface area contributed by atoms with Crippen LogP contribution in [-0.2, 0) is 13.0 Å². The molecule has 0 aliphatic heterocycles. The molecule has 0 atom stereocenters. The Morgan fingerprint density at radius 1 is 1.05 bits per heavy atom. The molecule has 3 heteroatoms. The third-order valence-electron chi connectivity index (χ3n) is 3.62. The van der Waals surface area contributed by atoms with Gasteiger partial charge in [0.15, 0.2) is 0 Å². The lowest BCUT2D eigenvalue weighted by molar-refractivity contribution is 0.602. The van der Waals surface area contributed by atoms with Crippen LogP contribution in [0.1, 0.15) is 25.0 Å². The van der Waals surface area contributed by atoms with E-state index in [-0.39, 0.29) is 11.9 Å². The summed E-state index contributed by atoms with van der Waals surface area (Å²) in [6.45, 7) is 5.46. The van der Waals surface area contributed by atoms with Crippen LogP contribution >= 0.6 is 0 Å². The fraction of sp³-hybridized carbons (Fsp3) is 0.333. The van der Waals surface area contributed by atoms with Crippen molar-refractivity contribution in [3.8, 4) is 0 Å². The summed E-state index contributed by atoms with van der Waals surface area (Å²) < 4.78 is 14.1. The smallest absolute Gasteiger partial charge is 0.128 e. The van der Waals surface area contributed by atoms with Gasteiger partial charge in [0.1, 0.15) is 5.82 Å². The van der Waals surface area contributed by atoms with Crippen molar-refractivity contribution < 1.29 is 4.39 Å². The molecule has 2 N–H and O–H groups in total. The largest absolute Gasteiger partial charge is 0.364 e. The lowest BCUT2D eigenvalue weighted by Gasteiger charge is -2.31. The minimum atomic E-state index is -0.170. The first kappa shape index (κ1) is 15.5. The van der Waals surface area contributed by atoms with E-state index in [2.05, 4.69) is 30.9 Å². The van der Waals surface area contributed by atoms with Crippen molar-refractivity contribution in [2.45, 2.75) is 32.9 Å². The van der Waals surface area contributed by atoms with Gasteiger partial charge in [0, 0.05) is 23.8 Å². The number of hydrogen-bond acceptors (Lipinski definition) is 2. The van der Waals surface area contributed by atoms with E-state index in [1.54, 1.807) is 6.07 Å². The molecule has 112 valence electrons. The molecule has 21 heavy (non-hydrogen) atoms. The molecule has 0 radical (unpaired) electrons. The fourth-order valence-corrected chi connectivity index (χ4v) is 2.53. The van der Waals surface area contributed by atoms with Gasteiger partial charge in [-0.05, 0) is 44.5 Å². The molecule has 2 rings (SSSR count). The van der Waals surface area contributed by atoms with E-state index >= 15 is 0 Å². The monoisotopic (exact) mass is 286 g/mol. The second-order valence-corrected chi connectivity index (χ2v) is 5.48. The SMILES string of the molecule is CC(C)N(Cc1ccccc1)c1cccc(F)c1CCN. The van der Waals surface area contributed by atoms with Gasteiger partial charge in [-0.25, -0.2) is 4.39 Å². The molecule has 0 aliphatic carbocycles. The van der Waals surface area contributed by atoms with E-state index in [1.165, 1.54) is 11.6 Å². The van der Waals surface area contributed by atoms with Crippen molar-refractivity contribution >= 4 is 5.69 Å². The number of halogens is 1. The highest BCUT2D eigenvalue weighted by Crippen LogP contribution is 2.27. The molecule has 0 amide bonds. The lowest BCUT2D eigenvalue weighted by Crippen LogP contribution is -2.31. The van der Waals surface area contributed by atoms with Crippen LogP contribution in [0.5, 0.6) is 0 Å². The highest BCUT2D eigenvalue weighted by molar-refractivity contribution is 5.55. The van der Waals surface area contributed by atoms with Crippen molar-refractivity contribution in [2.75, 3.05) is 11.4 Å². The van der Waals surface area contributed by atoms with Gasteiger partial charge in [0.25, 0.3) is 0 Å². The molecule has 2 nitrogen and oxygen atoms in total. The average Bonchev–Trinajstić information content (AvgIpc) is 2.48. The number of anilines is 1. The van der Waals surface area contributed by atoms with Crippen molar-refractivity contribution in [3.63, 3.8) is 0 Å². The van der Waals surface area contributed by atoms with E-state index in [4.69, 9.17) is 5.73 Å². The Morgan fingerprint density at radius 2 is 1.76 bits per heavy atom. The normalized spacial score (nSPS) is 10.9. The molecule has 0 aromatic heterocycles. The molecular weight excluding hydrogens is 263 g/mol. The zero-order chi connectivity index (χ0) is 15.2. The Hall–Kier alpha value is -1.87. The molecule has 0 saturated carbocycles. The van der Waals surface area contributed by atoms with Crippen LogP contribution in [0.2, 0.25) is 0 Å². The highest BCUT2D eigenvalue weighted by atomic mass is 19.1. The molecule has 0 aliphatic rings. The van der Waals surface area contributed by atoms with Gasteiger partial charge in [-0.2, -0.15) is 0 Å². The summed E-state index contributed by atoms with van der Waals surface area (Å²) in [5.74, 6) is -0.170. The van der Waals surface area contributed by atoms with E-state index < -0.39 is 0 Å². The van der Waals surface area contributed by atoms with Gasteiger partial charge in [-0.15, -0.1) is 0 Å². The minimum Gasteiger partial charge on any atom is -0.364 e. The molecule has 0 unspecified atom stereocenters. The number of benzene rings is 2. The quantitative estimate of drug-likeness (QED) is 0.876. The third-order valence-corrected chi connectivity index (χ3v) is 3.62. The summed E-state index contributed by atoms with van der Waals surface area (Å²) in [5, 5.41) is 0. The van der Waals surface area contributed by atoms with Crippen LogP contribution in [0.4, 0.5) is 10.1 Å². The summed E-state index contributed by atoms with van der Waals surface area (Å²) in [5.41, 5.74) is 8.52. The average molecular weight is 286 g/mol. The zero-order valence-corrected chi connectivity index (χ0v) is 12.7. The molecule has 0 saturated heterocycles. The first-order chi connectivity index (χ1) is 10.1. The van der Waals surface area contributed by atoms with Crippen LogP contribution in [0.25, 0.3) is 0 Å². The van der Waals surface area contributed by atoms with Crippen LogP contribution in [0.15, 0.2) is 48.5 Å². The Labute approximate surface area is 126 Å². The van der Waals surface area contributed by atoms with Gasteiger partial charge >= 0.3 is 0 Å². The number of nitrogens with two attached hydrogens (primary N) is 1. The Bertz CT molecular complexity index is 567. The lowest BCUT2D eigenvalue weighted by atomic mass is 10.1. The first-order valence-corrected chi connectivity index (χ1v) is 7.41. The Morgan fingerprint density at radius 3 is 2.38 bits per heavy atom. The summed E-state index contributed by atoms with van der Waals surface area (Å²) >= 11 is 0. The fourth-order valence-electron chi connectivity index (χ4n) is 2.53. The summed E-state index contributed by atoms with van der Waals surface area (Å²) in [4.78, 5) is 2.23. The molecule has 0 heterocycles. The maximum Gasteiger partial charge on any atom is 0.128 e. The Kier molecular flexibility index (Phi) is 5.34. The predicted octanol–water partition coefficient (Wildman–Crippen LogP) is 3.74. The van der Waals surface area contributed by atoms with Crippen molar-refractivity contribution in [1.29, 1.82) is 0 Å². The molecule has 0 fully saturated rings. The second-order valence-electron chi connectivity index (χ2n) is 5.48. The first-order valence-electron chi connectivity index (χ1n) is 7.41. The van der Waals surface area contributed by atoms with Gasteiger partial charge < -0.3 is 10.6 Å². The topological polar surface area (TPSA) is 29.3 Å². The van der Waals surface area contributed by atoms with E-state index in [0.29, 0.717) is 18.5 Å². The standard InChI is InChI=1S/C18H23FN2/c1-14(2)21(13-15-7-4-3-5-8-15)18-10-6-9-17(19)16(18)11-12-20/h3-10,14H,11-13,20H2,1-2H3. The van der Waals surface area contributed by atoms with E-state index in [9.17, 15) is 4.39 Å². The Balaban J connectivity index is 2.37. The van der Waals surface area contributed by atoms with Gasteiger partial charge in [0.2, 0.25) is 0 Å². The maximum absolute atomic E-state index is 14.1. The van der Waals surface area contributed by atoms with Crippen molar-refractivity contribution in [1.82, 2.24) is 0 Å². The maximum atomic E-state index is 14.1. The number of rotatable bonds is 6. The number of hydrogen-bond donors (Lipinski definition) is 1. The van der Waals surface area contributed by atoms with Crippen molar-refractivity contribution in [2.24, 2.45) is 5.73 Å². The summed E-state index contributed by atoms with van der Waals surface area (Å²) in [6, 6.07) is 15.8. The summed E-state index contributed by atoms with van der Waals surface area (Å²) in [6.07, 6.45) is 0.556. The summed E-state index contributed by atoms with van der Waals surface area (Å²) in [7, 11) is 0. The molecule has 2 aromatic rings. The van der Waals surface area contributed by atoms with Crippen LogP contribution in [0.3, 0.4) is 0 Å². The highest BCUT2D eigenvalue weighted by Gasteiger charge is 2.17. The molecule has 0 spiro atoms. The van der Waals surface area contributed by atoms with E-state index in [0.717, 1.165) is 12.2 Å². The molecular formula is C18H23FN2. The number of nitrogens with zero attached hydrogens (tertiary/aromatic N) is 1. The van der Waals surface area contributed by atoms with Crippen LogP contribution in [-0.4, -0.2) is 12.6 Å². The van der Waals surface area contributed by atoms with Crippen molar-refractivity contribution in [3.05, 3.63) is 65.5 Å². The second kappa shape index (κ2) is 7.23.